The summed E-state index contributed by atoms with van der Waals surface area (Å²) in [6.07, 6.45) is 4.79. The zero-order valence-corrected chi connectivity index (χ0v) is 14.4. The van der Waals surface area contributed by atoms with E-state index in [-0.39, 0.29) is 5.75 Å². The smallest absolute Gasteiger partial charge is 0.156 e. The van der Waals surface area contributed by atoms with Gasteiger partial charge in [0.05, 0.1) is 10.5 Å². The molecule has 0 radical (unpaired) electrons. The van der Waals surface area contributed by atoms with Gasteiger partial charge in [-0.25, -0.2) is 8.42 Å². The summed E-state index contributed by atoms with van der Waals surface area (Å²) >= 11 is 0. The lowest BCUT2D eigenvalue weighted by molar-refractivity contribution is 0.154. The second kappa shape index (κ2) is 7.76. The minimum atomic E-state index is -3.01. The van der Waals surface area contributed by atoms with Crippen LogP contribution < -0.4 is 5.32 Å². The highest BCUT2D eigenvalue weighted by atomic mass is 32.2. The predicted molar refractivity (Wildman–Crippen MR) is 85.9 cm³/mol. The van der Waals surface area contributed by atoms with Gasteiger partial charge in [-0.1, -0.05) is 13.3 Å². The molecule has 0 amide bonds. The molecule has 1 saturated heterocycles. The largest absolute Gasteiger partial charge is 0.315 e. The van der Waals surface area contributed by atoms with Crippen LogP contribution in [0, 0.1) is 0 Å². The number of hydrogen-bond donors (Lipinski definition) is 1. The lowest BCUT2D eigenvalue weighted by atomic mass is 10.0. The van der Waals surface area contributed by atoms with Crippen molar-refractivity contribution in [2.24, 2.45) is 0 Å². The summed E-state index contributed by atoms with van der Waals surface area (Å²) in [5.41, 5.74) is 0. The van der Waals surface area contributed by atoms with Crippen LogP contribution in [0.15, 0.2) is 0 Å². The molecule has 1 aliphatic heterocycles. The SMILES string of the molecule is CCCNCC1CCCCN1CCS(=O)(=O)C(C)(C)C. The Bertz CT molecular complexity index is 374. The fraction of sp³-hybridized carbons (Fsp3) is 1.00. The molecule has 0 saturated carbocycles. The highest BCUT2D eigenvalue weighted by molar-refractivity contribution is 7.92. The molecular formula is C15H32N2O2S. The number of likely N-dealkylation sites (tertiary alicyclic amines) is 1. The quantitative estimate of drug-likeness (QED) is 0.731. The van der Waals surface area contributed by atoms with Gasteiger partial charge in [-0.05, 0) is 53.1 Å². The monoisotopic (exact) mass is 304 g/mol. The van der Waals surface area contributed by atoms with E-state index in [1.807, 2.05) is 0 Å². The highest BCUT2D eigenvalue weighted by Gasteiger charge is 2.30. The van der Waals surface area contributed by atoms with Gasteiger partial charge < -0.3 is 5.32 Å². The van der Waals surface area contributed by atoms with Crippen molar-refractivity contribution >= 4 is 9.84 Å². The van der Waals surface area contributed by atoms with Gasteiger partial charge in [0.2, 0.25) is 0 Å². The molecule has 1 N–H and O–H groups in total. The van der Waals surface area contributed by atoms with E-state index in [2.05, 4.69) is 17.1 Å². The Morgan fingerprint density at radius 1 is 1.25 bits per heavy atom. The number of nitrogens with zero attached hydrogens (tertiary/aromatic N) is 1. The Hall–Kier alpha value is -0.130. The highest BCUT2D eigenvalue weighted by Crippen LogP contribution is 2.19. The minimum Gasteiger partial charge on any atom is -0.315 e. The number of hydrogen-bond acceptors (Lipinski definition) is 4. The lowest BCUT2D eigenvalue weighted by Crippen LogP contribution is -2.48. The van der Waals surface area contributed by atoms with Crippen molar-refractivity contribution in [3.8, 4) is 0 Å². The maximum Gasteiger partial charge on any atom is 0.156 e. The molecule has 0 aliphatic carbocycles. The normalized spacial score (nSPS) is 22.1. The Kier molecular flexibility index (Phi) is 6.95. The third-order valence-corrected chi connectivity index (χ3v) is 6.72. The summed E-state index contributed by atoms with van der Waals surface area (Å²) in [4.78, 5) is 2.37. The van der Waals surface area contributed by atoms with Gasteiger partial charge in [-0.2, -0.15) is 0 Å². The average molecular weight is 305 g/mol. The van der Waals surface area contributed by atoms with E-state index in [0.717, 1.165) is 26.1 Å². The van der Waals surface area contributed by atoms with Crippen LogP contribution in [0.5, 0.6) is 0 Å². The van der Waals surface area contributed by atoms with Gasteiger partial charge in [-0.15, -0.1) is 0 Å². The van der Waals surface area contributed by atoms with Crippen molar-refractivity contribution in [1.29, 1.82) is 0 Å². The summed E-state index contributed by atoms with van der Waals surface area (Å²) in [5.74, 6) is 0.279. The molecule has 5 heteroatoms. The zero-order valence-electron chi connectivity index (χ0n) is 13.6. The van der Waals surface area contributed by atoms with E-state index in [9.17, 15) is 8.42 Å². The van der Waals surface area contributed by atoms with Crippen LogP contribution in [0.3, 0.4) is 0 Å². The average Bonchev–Trinajstić information content (AvgIpc) is 2.36. The molecule has 0 aromatic rings. The number of piperidine rings is 1. The van der Waals surface area contributed by atoms with Crippen LogP contribution >= 0.6 is 0 Å². The Labute approximate surface area is 125 Å². The van der Waals surface area contributed by atoms with Crippen LogP contribution in [0.1, 0.15) is 53.4 Å². The lowest BCUT2D eigenvalue weighted by Gasteiger charge is -2.36. The van der Waals surface area contributed by atoms with Crippen LogP contribution in [0.4, 0.5) is 0 Å². The first-order valence-corrected chi connectivity index (χ1v) is 9.60. The van der Waals surface area contributed by atoms with Crippen LogP contribution in [0.2, 0.25) is 0 Å². The molecular weight excluding hydrogens is 272 g/mol. The first kappa shape index (κ1) is 17.9. The summed E-state index contributed by atoms with van der Waals surface area (Å²) in [5, 5.41) is 3.47. The molecule has 1 atom stereocenters. The van der Waals surface area contributed by atoms with Gasteiger partial charge in [0.1, 0.15) is 0 Å². The van der Waals surface area contributed by atoms with Gasteiger partial charge in [0.15, 0.2) is 9.84 Å². The fourth-order valence-corrected chi connectivity index (χ4v) is 3.66. The van der Waals surface area contributed by atoms with Gasteiger partial charge >= 0.3 is 0 Å². The van der Waals surface area contributed by atoms with Crippen molar-refractivity contribution < 1.29 is 8.42 Å². The van der Waals surface area contributed by atoms with Crippen LogP contribution in [-0.2, 0) is 9.84 Å². The number of sulfone groups is 1. The molecule has 120 valence electrons. The summed E-state index contributed by atoms with van der Waals surface area (Å²) in [6, 6.07) is 0.505. The van der Waals surface area contributed by atoms with E-state index < -0.39 is 14.6 Å². The maximum atomic E-state index is 12.2. The Morgan fingerprint density at radius 3 is 2.55 bits per heavy atom. The molecule has 4 nitrogen and oxygen atoms in total. The summed E-state index contributed by atoms with van der Waals surface area (Å²) in [6.45, 7) is 11.3. The first-order valence-electron chi connectivity index (χ1n) is 7.95. The van der Waals surface area contributed by atoms with Gasteiger partial charge in [0, 0.05) is 19.1 Å². The van der Waals surface area contributed by atoms with E-state index in [1.54, 1.807) is 20.8 Å². The summed E-state index contributed by atoms with van der Waals surface area (Å²) in [7, 11) is -3.01. The third-order valence-electron chi connectivity index (χ3n) is 4.14. The molecule has 1 fully saturated rings. The molecule has 20 heavy (non-hydrogen) atoms. The second-order valence-electron chi connectivity index (χ2n) is 6.82. The molecule has 1 aliphatic rings. The fourth-order valence-electron chi connectivity index (χ4n) is 2.57. The Morgan fingerprint density at radius 2 is 1.95 bits per heavy atom. The van der Waals surface area contributed by atoms with Crippen molar-refractivity contribution in [2.75, 3.05) is 31.9 Å². The Balaban J connectivity index is 2.50. The predicted octanol–water partition coefficient (Wildman–Crippen LogP) is 2.05. The zero-order chi connectivity index (χ0) is 15.2. The molecule has 0 aromatic heterocycles. The topological polar surface area (TPSA) is 49.4 Å². The molecule has 0 spiro atoms. The van der Waals surface area contributed by atoms with Crippen molar-refractivity contribution in [3.05, 3.63) is 0 Å². The number of nitrogens with one attached hydrogen (secondary N) is 1. The summed E-state index contributed by atoms with van der Waals surface area (Å²) < 4.78 is 23.8. The van der Waals surface area contributed by atoms with E-state index in [0.29, 0.717) is 12.6 Å². The van der Waals surface area contributed by atoms with Crippen LogP contribution in [-0.4, -0.2) is 56.0 Å². The molecule has 1 rings (SSSR count). The minimum absolute atomic E-state index is 0.279. The van der Waals surface area contributed by atoms with E-state index >= 15 is 0 Å². The molecule has 0 aromatic carbocycles. The molecule has 1 unspecified atom stereocenters. The van der Waals surface area contributed by atoms with Crippen molar-refractivity contribution in [2.45, 2.75) is 64.2 Å². The third kappa shape index (κ3) is 5.34. The van der Waals surface area contributed by atoms with Gasteiger partial charge in [-0.3, -0.25) is 4.90 Å². The molecule has 0 bridgehead atoms. The van der Waals surface area contributed by atoms with E-state index in [1.165, 1.54) is 19.3 Å². The maximum absolute atomic E-state index is 12.2. The van der Waals surface area contributed by atoms with Crippen molar-refractivity contribution in [3.63, 3.8) is 0 Å². The van der Waals surface area contributed by atoms with E-state index in [4.69, 9.17) is 0 Å². The number of rotatable bonds is 7. The standard InChI is InChI=1S/C15H32N2O2S/c1-5-9-16-13-14-8-6-7-10-17(14)11-12-20(18,19)15(2,3)4/h14,16H,5-13H2,1-4H3. The van der Waals surface area contributed by atoms with Gasteiger partial charge in [0.25, 0.3) is 0 Å². The van der Waals surface area contributed by atoms with Crippen LogP contribution in [0.25, 0.3) is 0 Å². The first-order chi connectivity index (χ1) is 9.28. The van der Waals surface area contributed by atoms with Crippen molar-refractivity contribution in [1.82, 2.24) is 10.2 Å². The molecule has 1 heterocycles. The second-order valence-corrected chi connectivity index (χ2v) is 9.68.